The molecule has 1 atom stereocenters. The fraction of sp³-hybridized carbons (Fsp3) is 0.333. The van der Waals surface area contributed by atoms with Crippen LogP contribution in [0.3, 0.4) is 0 Å². The first-order valence-corrected chi connectivity index (χ1v) is 5.39. The summed E-state index contributed by atoms with van der Waals surface area (Å²) in [5.74, 6) is 1.18. The summed E-state index contributed by atoms with van der Waals surface area (Å²) in [6.45, 7) is 0. The fourth-order valence-electron chi connectivity index (χ4n) is 1.44. The summed E-state index contributed by atoms with van der Waals surface area (Å²) in [6, 6.07) is 6.52. The Morgan fingerprint density at radius 1 is 1.50 bits per heavy atom. The van der Waals surface area contributed by atoms with Crippen molar-refractivity contribution >= 4 is 23.4 Å². The Kier molecular flexibility index (Phi) is 2.31. The third-order valence-corrected chi connectivity index (χ3v) is 3.49. The lowest BCUT2D eigenvalue weighted by Crippen LogP contribution is -2.54. The number of hydrogen-bond donors (Lipinski definition) is 1. The molecule has 0 radical (unpaired) electrons. The number of hydrogen-bond acceptors (Lipinski definition) is 1. The van der Waals surface area contributed by atoms with Gasteiger partial charge in [0.05, 0.1) is 0 Å². The summed E-state index contributed by atoms with van der Waals surface area (Å²) in [7, 11) is 0. The molecule has 0 amide bonds. The zero-order chi connectivity index (χ0) is 8.55. The summed E-state index contributed by atoms with van der Waals surface area (Å²) in [4.78, 5) is 1.35. The van der Waals surface area contributed by atoms with E-state index in [0.717, 1.165) is 11.4 Å². The lowest BCUT2D eigenvalue weighted by Gasteiger charge is -2.18. The quantitative estimate of drug-likeness (QED) is 0.683. The predicted molar refractivity (Wildman–Crippen MR) is 52.4 cm³/mol. The van der Waals surface area contributed by atoms with Gasteiger partial charge >= 0.3 is 0 Å². The molecular formula is C9H11ClNS+. The average Bonchev–Trinajstić information content (AvgIpc) is 2.07. The topological polar surface area (TPSA) is 27.6 Å². The van der Waals surface area contributed by atoms with Crippen LogP contribution in [0.4, 0.5) is 0 Å². The maximum Gasteiger partial charge on any atom is 0.112 e. The minimum Gasteiger partial charge on any atom is -0.351 e. The van der Waals surface area contributed by atoms with E-state index >= 15 is 0 Å². The summed E-state index contributed by atoms with van der Waals surface area (Å²) >= 11 is 7.81. The van der Waals surface area contributed by atoms with Crippen LogP contribution >= 0.6 is 23.4 Å². The van der Waals surface area contributed by atoms with Gasteiger partial charge in [0.1, 0.15) is 6.04 Å². The van der Waals surface area contributed by atoms with Crippen molar-refractivity contribution in [1.82, 2.24) is 0 Å². The van der Waals surface area contributed by atoms with E-state index in [1.165, 1.54) is 16.2 Å². The molecule has 1 aliphatic heterocycles. The van der Waals surface area contributed by atoms with Gasteiger partial charge in [-0.25, -0.2) is 0 Å². The van der Waals surface area contributed by atoms with Crippen molar-refractivity contribution in [2.24, 2.45) is 0 Å². The standard InChI is InChI=1S/C9H10ClNS/c10-6-1-2-9-7(5-6)8(11)3-4-12-9/h1-2,5,8H,3-4,11H2/p+1/t8-/m0/s1. The maximum atomic E-state index is 5.90. The van der Waals surface area contributed by atoms with Crippen molar-refractivity contribution < 1.29 is 5.73 Å². The van der Waals surface area contributed by atoms with Crippen LogP contribution in [0.2, 0.25) is 5.02 Å². The van der Waals surface area contributed by atoms with Crippen LogP contribution in [0.1, 0.15) is 18.0 Å². The third-order valence-electron chi connectivity index (χ3n) is 2.14. The monoisotopic (exact) mass is 200 g/mol. The van der Waals surface area contributed by atoms with Crippen LogP contribution in [0.15, 0.2) is 23.1 Å². The molecular weight excluding hydrogens is 190 g/mol. The zero-order valence-electron chi connectivity index (χ0n) is 6.72. The molecule has 2 rings (SSSR count). The molecule has 1 nitrogen and oxygen atoms in total. The average molecular weight is 201 g/mol. The molecule has 0 saturated heterocycles. The number of rotatable bonds is 0. The Labute approximate surface area is 81.3 Å². The van der Waals surface area contributed by atoms with Gasteiger partial charge in [0.15, 0.2) is 0 Å². The molecule has 0 unspecified atom stereocenters. The Morgan fingerprint density at radius 3 is 3.17 bits per heavy atom. The minimum absolute atomic E-state index is 0.431. The van der Waals surface area contributed by atoms with Gasteiger partial charge in [0, 0.05) is 27.7 Å². The van der Waals surface area contributed by atoms with Gasteiger partial charge in [-0.3, -0.25) is 0 Å². The number of halogens is 1. The molecule has 0 aromatic heterocycles. The number of quaternary nitrogens is 1. The highest BCUT2D eigenvalue weighted by Crippen LogP contribution is 2.35. The van der Waals surface area contributed by atoms with Gasteiger partial charge in [0.2, 0.25) is 0 Å². The van der Waals surface area contributed by atoms with E-state index in [4.69, 9.17) is 11.6 Å². The van der Waals surface area contributed by atoms with Crippen molar-refractivity contribution in [1.29, 1.82) is 0 Å². The number of thioether (sulfide) groups is 1. The molecule has 1 heterocycles. The zero-order valence-corrected chi connectivity index (χ0v) is 8.29. The second kappa shape index (κ2) is 3.29. The molecule has 3 heteroatoms. The van der Waals surface area contributed by atoms with Crippen LogP contribution in [-0.4, -0.2) is 5.75 Å². The highest BCUT2D eigenvalue weighted by atomic mass is 35.5. The molecule has 3 N–H and O–H groups in total. The lowest BCUT2D eigenvalue weighted by atomic mass is 10.1. The molecule has 0 fully saturated rings. The van der Waals surface area contributed by atoms with Crippen LogP contribution in [-0.2, 0) is 0 Å². The van der Waals surface area contributed by atoms with Crippen molar-refractivity contribution in [3.63, 3.8) is 0 Å². The second-order valence-electron chi connectivity index (χ2n) is 3.02. The molecule has 0 aliphatic carbocycles. The Bertz CT molecular complexity index is 301. The van der Waals surface area contributed by atoms with E-state index in [9.17, 15) is 0 Å². The van der Waals surface area contributed by atoms with Gasteiger partial charge in [-0.2, -0.15) is 0 Å². The van der Waals surface area contributed by atoms with Crippen LogP contribution in [0, 0.1) is 0 Å². The summed E-state index contributed by atoms with van der Waals surface area (Å²) < 4.78 is 0. The van der Waals surface area contributed by atoms with E-state index in [1.54, 1.807) is 0 Å². The Balaban J connectivity index is 2.47. The second-order valence-corrected chi connectivity index (χ2v) is 4.59. The SMILES string of the molecule is [NH3+][C@H]1CCSc2ccc(Cl)cc21. The summed E-state index contributed by atoms with van der Waals surface area (Å²) in [5.41, 5.74) is 5.43. The van der Waals surface area contributed by atoms with E-state index in [-0.39, 0.29) is 0 Å². The first-order chi connectivity index (χ1) is 5.77. The molecule has 12 heavy (non-hydrogen) atoms. The smallest absolute Gasteiger partial charge is 0.112 e. The minimum atomic E-state index is 0.431. The van der Waals surface area contributed by atoms with Crippen LogP contribution in [0.5, 0.6) is 0 Å². The lowest BCUT2D eigenvalue weighted by molar-refractivity contribution is -0.427. The van der Waals surface area contributed by atoms with Gasteiger partial charge in [-0.15, -0.1) is 11.8 Å². The van der Waals surface area contributed by atoms with Gasteiger partial charge in [-0.05, 0) is 18.2 Å². The van der Waals surface area contributed by atoms with Gasteiger partial charge < -0.3 is 5.73 Å². The number of benzene rings is 1. The Morgan fingerprint density at radius 2 is 2.33 bits per heavy atom. The first-order valence-electron chi connectivity index (χ1n) is 4.02. The maximum absolute atomic E-state index is 5.90. The first kappa shape index (κ1) is 8.42. The molecule has 1 aliphatic rings. The van der Waals surface area contributed by atoms with Crippen molar-refractivity contribution in [2.45, 2.75) is 17.4 Å². The van der Waals surface area contributed by atoms with E-state index in [2.05, 4.69) is 11.8 Å². The van der Waals surface area contributed by atoms with Crippen molar-refractivity contribution in [3.05, 3.63) is 28.8 Å². The summed E-state index contributed by atoms with van der Waals surface area (Å²) in [6.07, 6.45) is 1.16. The molecule has 0 saturated carbocycles. The van der Waals surface area contributed by atoms with Gasteiger partial charge in [-0.1, -0.05) is 11.6 Å². The fourth-order valence-corrected chi connectivity index (χ4v) is 2.80. The van der Waals surface area contributed by atoms with E-state index in [1.807, 2.05) is 23.9 Å². The highest BCUT2D eigenvalue weighted by molar-refractivity contribution is 7.99. The highest BCUT2D eigenvalue weighted by Gasteiger charge is 2.19. The van der Waals surface area contributed by atoms with E-state index in [0.29, 0.717) is 6.04 Å². The summed E-state index contributed by atoms with van der Waals surface area (Å²) in [5, 5.41) is 0.824. The molecule has 1 aromatic rings. The Hall–Kier alpha value is -0.180. The normalized spacial score (nSPS) is 22.0. The largest absolute Gasteiger partial charge is 0.351 e. The van der Waals surface area contributed by atoms with Crippen molar-refractivity contribution in [3.8, 4) is 0 Å². The molecule has 0 spiro atoms. The van der Waals surface area contributed by atoms with Gasteiger partial charge in [0.25, 0.3) is 0 Å². The third kappa shape index (κ3) is 1.47. The molecule has 1 aromatic carbocycles. The molecule has 0 bridgehead atoms. The van der Waals surface area contributed by atoms with Crippen LogP contribution in [0.25, 0.3) is 0 Å². The van der Waals surface area contributed by atoms with Crippen molar-refractivity contribution in [2.75, 3.05) is 5.75 Å². The van der Waals surface area contributed by atoms with E-state index < -0.39 is 0 Å². The van der Waals surface area contributed by atoms with Crippen LogP contribution < -0.4 is 5.73 Å². The predicted octanol–water partition coefficient (Wildman–Crippen LogP) is 2.12. The molecule has 64 valence electrons. The number of fused-ring (bicyclic) bond motifs is 1.